The Balaban J connectivity index is 1.37. The number of anilines is 1. The molecule has 2 aromatic carbocycles. The van der Waals surface area contributed by atoms with Gasteiger partial charge in [-0.2, -0.15) is 10.1 Å². The van der Waals surface area contributed by atoms with Gasteiger partial charge in [0.25, 0.3) is 11.5 Å². The Kier molecular flexibility index (Phi) is 5.51. The number of carbonyl (C=O) groups is 1. The van der Waals surface area contributed by atoms with Gasteiger partial charge in [-0.3, -0.25) is 14.6 Å². The fraction of sp³-hybridized carbons (Fsp3) is 0.143. The van der Waals surface area contributed by atoms with E-state index in [0.29, 0.717) is 42.1 Å². The van der Waals surface area contributed by atoms with Crippen molar-refractivity contribution in [3.05, 3.63) is 82.5 Å². The van der Waals surface area contributed by atoms with Crippen molar-refractivity contribution in [1.29, 1.82) is 0 Å². The first kappa shape index (κ1) is 19.3. The molecule has 0 radical (unpaired) electrons. The zero-order valence-electron chi connectivity index (χ0n) is 15.9. The summed E-state index contributed by atoms with van der Waals surface area (Å²) in [6, 6.07) is 14.8. The number of nitrogens with zero attached hydrogens (tertiary/aromatic N) is 3. The highest BCUT2D eigenvalue weighted by atomic mass is 19.1. The van der Waals surface area contributed by atoms with Crippen LogP contribution in [0.3, 0.4) is 0 Å². The Bertz CT molecular complexity index is 1220. The summed E-state index contributed by atoms with van der Waals surface area (Å²) in [6.07, 6.45) is 2.09. The van der Waals surface area contributed by atoms with Gasteiger partial charge in [-0.05, 0) is 42.8 Å². The summed E-state index contributed by atoms with van der Waals surface area (Å²) < 4.78 is 14.5. The smallest absolute Gasteiger partial charge is 0.263 e. The number of halogens is 1. The molecule has 0 atom stereocenters. The van der Waals surface area contributed by atoms with Crippen molar-refractivity contribution in [3.63, 3.8) is 0 Å². The largest absolute Gasteiger partial charge is 0.356 e. The van der Waals surface area contributed by atoms with Gasteiger partial charge in [0.2, 0.25) is 5.95 Å². The van der Waals surface area contributed by atoms with E-state index in [2.05, 4.69) is 25.7 Å². The highest BCUT2D eigenvalue weighted by Gasteiger charge is 2.11. The molecule has 4 aromatic rings. The third-order valence-corrected chi connectivity index (χ3v) is 4.48. The number of benzene rings is 2. The summed E-state index contributed by atoms with van der Waals surface area (Å²) in [6.45, 7) is 0.898. The highest BCUT2D eigenvalue weighted by Crippen LogP contribution is 2.14. The van der Waals surface area contributed by atoms with Gasteiger partial charge >= 0.3 is 0 Å². The predicted molar refractivity (Wildman–Crippen MR) is 111 cm³/mol. The Morgan fingerprint density at radius 2 is 1.83 bits per heavy atom. The van der Waals surface area contributed by atoms with E-state index in [1.807, 2.05) is 30.3 Å². The number of para-hydroxylation sites is 1. The molecule has 0 aliphatic heterocycles. The van der Waals surface area contributed by atoms with Crippen LogP contribution < -0.4 is 16.2 Å². The fourth-order valence-electron chi connectivity index (χ4n) is 2.96. The number of aromatic nitrogens is 4. The lowest BCUT2D eigenvalue weighted by Gasteiger charge is -2.08. The van der Waals surface area contributed by atoms with Crippen molar-refractivity contribution >= 4 is 22.9 Å². The Morgan fingerprint density at radius 3 is 2.60 bits per heavy atom. The average Bonchev–Trinajstić information content (AvgIpc) is 3.19. The van der Waals surface area contributed by atoms with E-state index in [4.69, 9.17) is 0 Å². The van der Waals surface area contributed by atoms with Gasteiger partial charge in [-0.15, -0.1) is 0 Å². The van der Waals surface area contributed by atoms with E-state index in [-0.39, 0.29) is 17.3 Å². The number of fused-ring (bicyclic) bond motifs is 1. The molecule has 0 spiro atoms. The van der Waals surface area contributed by atoms with Gasteiger partial charge in [-0.1, -0.05) is 18.2 Å². The van der Waals surface area contributed by atoms with Crippen LogP contribution in [-0.4, -0.2) is 38.7 Å². The third kappa shape index (κ3) is 4.19. The zero-order chi connectivity index (χ0) is 20.9. The lowest BCUT2D eigenvalue weighted by molar-refractivity contribution is 0.0953. The molecule has 152 valence electrons. The van der Waals surface area contributed by atoms with Crippen molar-refractivity contribution in [3.8, 4) is 5.69 Å². The summed E-state index contributed by atoms with van der Waals surface area (Å²) in [5.74, 6) is -0.326. The summed E-state index contributed by atoms with van der Waals surface area (Å²) in [5.41, 5.74) is 1.38. The SMILES string of the molecule is O=C(NCCCNc1nc2c(cnn2-c2ccccc2)c(=O)[nH]1)c1ccc(F)cc1. The fourth-order valence-corrected chi connectivity index (χ4v) is 2.96. The number of hydrogen-bond acceptors (Lipinski definition) is 5. The molecule has 3 N–H and O–H groups in total. The molecular weight excluding hydrogens is 387 g/mol. The first-order chi connectivity index (χ1) is 14.6. The number of aromatic amines is 1. The molecule has 30 heavy (non-hydrogen) atoms. The maximum atomic E-state index is 12.9. The van der Waals surface area contributed by atoms with Crippen LogP contribution >= 0.6 is 0 Å². The number of H-pyrrole nitrogens is 1. The van der Waals surface area contributed by atoms with Crippen LogP contribution in [0.1, 0.15) is 16.8 Å². The van der Waals surface area contributed by atoms with Crippen molar-refractivity contribution in [2.24, 2.45) is 0 Å². The van der Waals surface area contributed by atoms with Gasteiger partial charge in [-0.25, -0.2) is 9.07 Å². The van der Waals surface area contributed by atoms with Crippen LogP contribution in [0, 0.1) is 5.82 Å². The van der Waals surface area contributed by atoms with Gasteiger partial charge in [0, 0.05) is 18.7 Å². The molecule has 4 rings (SSSR count). The van der Waals surface area contributed by atoms with E-state index >= 15 is 0 Å². The second-order valence-electron chi connectivity index (χ2n) is 6.59. The van der Waals surface area contributed by atoms with Gasteiger partial charge in [0.05, 0.1) is 11.9 Å². The van der Waals surface area contributed by atoms with Crippen LogP contribution in [0.4, 0.5) is 10.3 Å². The van der Waals surface area contributed by atoms with E-state index in [1.54, 1.807) is 4.68 Å². The third-order valence-electron chi connectivity index (χ3n) is 4.48. The molecule has 0 fully saturated rings. The number of rotatable bonds is 7. The number of amides is 1. The Labute approximate surface area is 170 Å². The van der Waals surface area contributed by atoms with Crippen molar-refractivity contribution < 1.29 is 9.18 Å². The number of nitrogens with one attached hydrogen (secondary N) is 3. The second kappa shape index (κ2) is 8.56. The van der Waals surface area contributed by atoms with E-state index in [0.717, 1.165) is 5.69 Å². The molecule has 8 nitrogen and oxygen atoms in total. The molecule has 2 aromatic heterocycles. The van der Waals surface area contributed by atoms with Gasteiger partial charge in [0.1, 0.15) is 11.2 Å². The van der Waals surface area contributed by atoms with E-state index in [1.165, 1.54) is 30.5 Å². The molecule has 2 heterocycles. The zero-order valence-corrected chi connectivity index (χ0v) is 15.9. The predicted octanol–water partition coefficient (Wildman–Crippen LogP) is 2.48. The summed E-state index contributed by atoms with van der Waals surface area (Å²) in [7, 11) is 0. The number of hydrogen-bond donors (Lipinski definition) is 3. The second-order valence-corrected chi connectivity index (χ2v) is 6.59. The monoisotopic (exact) mass is 406 g/mol. The average molecular weight is 406 g/mol. The molecule has 0 aliphatic carbocycles. The molecule has 0 saturated carbocycles. The summed E-state index contributed by atoms with van der Waals surface area (Å²) >= 11 is 0. The molecule has 0 aliphatic rings. The van der Waals surface area contributed by atoms with E-state index in [9.17, 15) is 14.0 Å². The van der Waals surface area contributed by atoms with Crippen LogP contribution in [0.2, 0.25) is 0 Å². The lowest BCUT2D eigenvalue weighted by Crippen LogP contribution is -2.26. The minimum absolute atomic E-state index is 0.269. The molecule has 9 heteroatoms. The van der Waals surface area contributed by atoms with Crippen LogP contribution in [0.25, 0.3) is 16.7 Å². The van der Waals surface area contributed by atoms with Crippen molar-refractivity contribution in [2.75, 3.05) is 18.4 Å². The number of carbonyl (C=O) groups excluding carboxylic acids is 1. The summed E-state index contributed by atoms with van der Waals surface area (Å²) in [4.78, 5) is 31.5. The van der Waals surface area contributed by atoms with Crippen molar-refractivity contribution in [1.82, 2.24) is 25.1 Å². The molecule has 0 bridgehead atoms. The Morgan fingerprint density at radius 1 is 1.07 bits per heavy atom. The summed E-state index contributed by atoms with van der Waals surface area (Å²) in [5, 5.41) is 10.5. The quantitative estimate of drug-likeness (QED) is 0.409. The lowest BCUT2D eigenvalue weighted by atomic mass is 10.2. The first-order valence-electron chi connectivity index (χ1n) is 9.43. The minimum Gasteiger partial charge on any atom is -0.356 e. The maximum absolute atomic E-state index is 12.9. The topological polar surface area (TPSA) is 105 Å². The molecule has 1 amide bonds. The van der Waals surface area contributed by atoms with Crippen LogP contribution in [0.5, 0.6) is 0 Å². The van der Waals surface area contributed by atoms with Crippen LogP contribution in [0.15, 0.2) is 65.6 Å². The van der Waals surface area contributed by atoms with E-state index < -0.39 is 0 Å². The standard InChI is InChI=1S/C21H19FN6O2/c22-15-9-7-14(8-10-15)19(29)23-11-4-12-24-21-26-18-17(20(30)27-21)13-25-28(18)16-5-2-1-3-6-16/h1-3,5-10,13H,4,11-12H2,(H,23,29)(H2,24,26,27,30). The van der Waals surface area contributed by atoms with Crippen molar-refractivity contribution in [2.45, 2.75) is 6.42 Å². The van der Waals surface area contributed by atoms with Gasteiger partial charge in [0.15, 0.2) is 5.65 Å². The van der Waals surface area contributed by atoms with Crippen LogP contribution in [-0.2, 0) is 0 Å². The maximum Gasteiger partial charge on any atom is 0.263 e. The highest BCUT2D eigenvalue weighted by molar-refractivity contribution is 5.94. The van der Waals surface area contributed by atoms with Gasteiger partial charge < -0.3 is 10.6 Å². The minimum atomic E-state index is -0.386. The molecular formula is C21H19FN6O2. The normalized spacial score (nSPS) is 10.8. The first-order valence-corrected chi connectivity index (χ1v) is 9.43. The molecule has 0 saturated heterocycles. The molecule has 0 unspecified atom stereocenters. The Hall–Kier alpha value is -4.01.